The highest BCUT2D eigenvalue weighted by Crippen LogP contribution is 2.34. The number of nitrogens with two attached hydrogens (primary N) is 1. The molecule has 1 aromatic rings. The molecular weight excluding hydrogens is 262 g/mol. The fourth-order valence-corrected chi connectivity index (χ4v) is 2.88. The van der Waals surface area contributed by atoms with Crippen LogP contribution in [-0.4, -0.2) is 23.7 Å². The van der Waals surface area contributed by atoms with Crippen LogP contribution in [0.2, 0.25) is 5.02 Å². The van der Waals surface area contributed by atoms with Crippen LogP contribution in [0.1, 0.15) is 31.7 Å². The van der Waals surface area contributed by atoms with E-state index in [-0.39, 0.29) is 6.04 Å². The minimum Gasteiger partial charge on any atom is -0.378 e. The summed E-state index contributed by atoms with van der Waals surface area (Å²) in [4.78, 5) is 4.00. The molecule has 3 N–H and O–H groups in total. The first-order valence-electron chi connectivity index (χ1n) is 6.89. The number of halogens is 1. The molecule has 19 heavy (non-hydrogen) atoms. The molecule has 2 rings (SSSR count). The zero-order valence-corrected chi connectivity index (χ0v) is 12.1. The van der Waals surface area contributed by atoms with E-state index in [9.17, 15) is 0 Å². The van der Waals surface area contributed by atoms with Crippen LogP contribution < -0.4 is 11.3 Å². The summed E-state index contributed by atoms with van der Waals surface area (Å²) in [6.45, 7) is 2.85. The van der Waals surface area contributed by atoms with Crippen LogP contribution in [0.25, 0.3) is 0 Å². The third-order valence-corrected chi connectivity index (χ3v) is 4.11. The number of nitrogens with zero attached hydrogens (tertiary/aromatic N) is 1. The predicted molar refractivity (Wildman–Crippen MR) is 76.8 cm³/mol. The summed E-state index contributed by atoms with van der Waals surface area (Å²) in [5.74, 6) is 6.36. The summed E-state index contributed by atoms with van der Waals surface area (Å²) in [6, 6.07) is 2.21. The van der Waals surface area contributed by atoms with E-state index in [1.165, 1.54) is 0 Å². The van der Waals surface area contributed by atoms with Crippen LogP contribution in [-0.2, 0) is 11.2 Å². The number of aromatic nitrogens is 1. The van der Waals surface area contributed by atoms with Crippen molar-refractivity contribution in [2.24, 2.45) is 11.8 Å². The summed E-state index contributed by atoms with van der Waals surface area (Å²) >= 11 is 6.12. The second kappa shape index (κ2) is 7.20. The molecule has 1 atom stereocenters. The van der Waals surface area contributed by atoms with Crippen LogP contribution in [0.3, 0.4) is 0 Å². The van der Waals surface area contributed by atoms with Gasteiger partial charge in [-0.25, -0.2) is 0 Å². The molecule has 0 aromatic carbocycles. The molecule has 1 aliphatic carbocycles. The molecule has 1 unspecified atom stereocenters. The third kappa shape index (κ3) is 4.14. The van der Waals surface area contributed by atoms with Gasteiger partial charge in [-0.2, -0.15) is 0 Å². The molecular formula is C14H22ClN3O. The van der Waals surface area contributed by atoms with Gasteiger partial charge in [0, 0.05) is 25.0 Å². The Bertz CT molecular complexity index is 396. The monoisotopic (exact) mass is 283 g/mol. The Morgan fingerprint density at radius 3 is 3.00 bits per heavy atom. The SMILES string of the molecule is CCOC1CC(CC(Cc2ccncc2Cl)NN)C1. The lowest BCUT2D eigenvalue weighted by Crippen LogP contribution is -2.42. The van der Waals surface area contributed by atoms with E-state index < -0.39 is 0 Å². The number of nitrogens with one attached hydrogen (secondary N) is 1. The largest absolute Gasteiger partial charge is 0.378 e. The van der Waals surface area contributed by atoms with Crippen molar-refractivity contribution in [3.63, 3.8) is 0 Å². The maximum absolute atomic E-state index is 6.12. The molecule has 1 aromatic heterocycles. The zero-order chi connectivity index (χ0) is 13.7. The van der Waals surface area contributed by atoms with Gasteiger partial charge in [-0.15, -0.1) is 0 Å². The topological polar surface area (TPSA) is 60.2 Å². The maximum Gasteiger partial charge on any atom is 0.0621 e. The van der Waals surface area contributed by atoms with E-state index in [0.717, 1.165) is 37.9 Å². The molecule has 106 valence electrons. The minimum atomic E-state index is 0.257. The highest BCUT2D eigenvalue weighted by Gasteiger charge is 2.31. The molecule has 0 aliphatic heterocycles. The fourth-order valence-electron chi connectivity index (χ4n) is 2.69. The minimum absolute atomic E-state index is 0.257. The molecule has 0 amide bonds. The molecule has 1 heterocycles. The molecule has 5 heteroatoms. The number of hydrazine groups is 1. The van der Waals surface area contributed by atoms with E-state index >= 15 is 0 Å². The van der Waals surface area contributed by atoms with Crippen LogP contribution in [0.4, 0.5) is 0 Å². The van der Waals surface area contributed by atoms with E-state index in [4.69, 9.17) is 22.2 Å². The molecule has 1 saturated carbocycles. The van der Waals surface area contributed by atoms with Crippen molar-refractivity contribution in [2.45, 2.75) is 44.8 Å². The maximum atomic E-state index is 6.12. The van der Waals surface area contributed by atoms with Gasteiger partial charge in [0.05, 0.1) is 11.1 Å². The normalized spacial score (nSPS) is 23.9. The Kier molecular flexibility index (Phi) is 5.58. The van der Waals surface area contributed by atoms with Gasteiger partial charge in [0.1, 0.15) is 0 Å². The first-order chi connectivity index (χ1) is 9.22. The van der Waals surface area contributed by atoms with E-state index in [1.54, 1.807) is 12.4 Å². The molecule has 0 saturated heterocycles. The molecule has 0 spiro atoms. The van der Waals surface area contributed by atoms with Gasteiger partial charge in [0.25, 0.3) is 0 Å². The molecule has 1 aliphatic rings. The summed E-state index contributed by atoms with van der Waals surface area (Å²) in [7, 11) is 0. The van der Waals surface area contributed by atoms with Gasteiger partial charge in [-0.05, 0) is 50.2 Å². The fraction of sp³-hybridized carbons (Fsp3) is 0.643. The molecule has 0 radical (unpaired) electrons. The van der Waals surface area contributed by atoms with Crippen LogP contribution in [0.15, 0.2) is 18.5 Å². The van der Waals surface area contributed by atoms with Crippen molar-refractivity contribution in [3.8, 4) is 0 Å². The van der Waals surface area contributed by atoms with Gasteiger partial charge in [-0.1, -0.05) is 11.6 Å². The van der Waals surface area contributed by atoms with Crippen LogP contribution in [0.5, 0.6) is 0 Å². The summed E-state index contributed by atoms with van der Waals surface area (Å²) in [6.07, 6.45) is 8.11. The lowest BCUT2D eigenvalue weighted by atomic mass is 9.77. The number of hydrogen-bond acceptors (Lipinski definition) is 4. The Balaban J connectivity index is 1.80. The first kappa shape index (κ1) is 14.7. The highest BCUT2D eigenvalue weighted by molar-refractivity contribution is 6.31. The summed E-state index contributed by atoms with van der Waals surface area (Å²) in [5.41, 5.74) is 4.00. The third-order valence-electron chi connectivity index (χ3n) is 3.77. The standard InChI is InChI=1S/C14H22ClN3O/c1-2-19-13-6-10(7-13)5-12(18-16)8-11-3-4-17-9-14(11)15/h3-4,9-10,12-13,18H,2,5-8,16H2,1H3. The Labute approximate surface area is 119 Å². The Hall–Kier alpha value is -0.680. The van der Waals surface area contributed by atoms with Gasteiger partial charge in [-0.3, -0.25) is 16.3 Å². The van der Waals surface area contributed by atoms with Crippen molar-refractivity contribution in [3.05, 3.63) is 29.0 Å². The molecule has 0 bridgehead atoms. The number of rotatable bonds is 7. The van der Waals surface area contributed by atoms with Gasteiger partial charge in [0.15, 0.2) is 0 Å². The quantitative estimate of drug-likeness (QED) is 0.595. The van der Waals surface area contributed by atoms with E-state index in [0.29, 0.717) is 17.0 Å². The smallest absolute Gasteiger partial charge is 0.0621 e. The van der Waals surface area contributed by atoms with Crippen LogP contribution in [0, 0.1) is 5.92 Å². The first-order valence-corrected chi connectivity index (χ1v) is 7.26. The number of pyridine rings is 1. The molecule has 1 fully saturated rings. The van der Waals surface area contributed by atoms with Gasteiger partial charge < -0.3 is 4.74 Å². The lowest BCUT2D eigenvalue weighted by Gasteiger charge is -2.37. The Morgan fingerprint density at radius 2 is 2.37 bits per heavy atom. The van der Waals surface area contributed by atoms with Crippen molar-refractivity contribution >= 4 is 11.6 Å². The number of hydrogen-bond donors (Lipinski definition) is 2. The average Bonchev–Trinajstić information content (AvgIpc) is 2.37. The summed E-state index contributed by atoms with van der Waals surface area (Å²) < 4.78 is 5.58. The van der Waals surface area contributed by atoms with E-state index in [1.807, 2.05) is 13.0 Å². The highest BCUT2D eigenvalue weighted by atomic mass is 35.5. The van der Waals surface area contributed by atoms with Gasteiger partial charge >= 0.3 is 0 Å². The average molecular weight is 284 g/mol. The molecule has 4 nitrogen and oxygen atoms in total. The van der Waals surface area contributed by atoms with Gasteiger partial charge in [0.2, 0.25) is 0 Å². The predicted octanol–water partition coefficient (Wildman–Crippen LogP) is 2.31. The summed E-state index contributed by atoms with van der Waals surface area (Å²) in [5, 5.41) is 0.712. The van der Waals surface area contributed by atoms with Crippen molar-refractivity contribution in [2.75, 3.05) is 6.61 Å². The number of ether oxygens (including phenoxy) is 1. The van der Waals surface area contributed by atoms with E-state index in [2.05, 4.69) is 10.4 Å². The zero-order valence-electron chi connectivity index (χ0n) is 11.3. The second-order valence-corrected chi connectivity index (χ2v) is 5.59. The lowest BCUT2D eigenvalue weighted by molar-refractivity contribution is -0.0290. The second-order valence-electron chi connectivity index (χ2n) is 5.19. The Morgan fingerprint density at radius 1 is 1.58 bits per heavy atom. The van der Waals surface area contributed by atoms with Crippen molar-refractivity contribution in [1.29, 1.82) is 0 Å². The van der Waals surface area contributed by atoms with Crippen molar-refractivity contribution in [1.82, 2.24) is 10.4 Å². The van der Waals surface area contributed by atoms with Crippen molar-refractivity contribution < 1.29 is 4.74 Å². The van der Waals surface area contributed by atoms with Crippen LogP contribution >= 0.6 is 11.6 Å².